The lowest BCUT2D eigenvalue weighted by molar-refractivity contribution is -0.133. The van der Waals surface area contributed by atoms with E-state index >= 15 is 0 Å². The standard InChI is InChI=1S/C10H9ClO4S/c1-15-10(14)6-2-3-7(11)8(4-6)16-5-9(12)13/h2-4H,5H2,1H3,(H,12,13). The van der Waals surface area contributed by atoms with Gasteiger partial charge >= 0.3 is 11.9 Å². The molecule has 1 aromatic rings. The largest absolute Gasteiger partial charge is 0.481 e. The Morgan fingerprint density at radius 3 is 2.75 bits per heavy atom. The maximum Gasteiger partial charge on any atom is 0.337 e. The van der Waals surface area contributed by atoms with Crippen LogP contribution in [0.25, 0.3) is 0 Å². The summed E-state index contributed by atoms with van der Waals surface area (Å²) in [7, 11) is 1.28. The van der Waals surface area contributed by atoms with Gasteiger partial charge in [0.2, 0.25) is 0 Å². The normalized spacial score (nSPS) is 9.88. The van der Waals surface area contributed by atoms with E-state index in [-0.39, 0.29) is 5.75 Å². The van der Waals surface area contributed by atoms with Crippen molar-refractivity contribution in [1.29, 1.82) is 0 Å². The highest BCUT2D eigenvalue weighted by Crippen LogP contribution is 2.28. The molecule has 0 saturated carbocycles. The Balaban J connectivity index is 2.90. The number of rotatable bonds is 4. The zero-order valence-electron chi connectivity index (χ0n) is 8.40. The maximum absolute atomic E-state index is 11.2. The second kappa shape index (κ2) is 5.77. The van der Waals surface area contributed by atoms with Gasteiger partial charge in [-0.2, -0.15) is 0 Å². The van der Waals surface area contributed by atoms with Crippen LogP contribution in [-0.4, -0.2) is 29.9 Å². The quantitative estimate of drug-likeness (QED) is 0.665. The van der Waals surface area contributed by atoms with Crippen LogP contribution in [0.3, 0.4) is 0 Å². The van der Waals surface area contributed by atoms with Crippen LogP contribution in [0.4, 0.5) is 0 Å². The summed E-state index contributed by atoms with van der Waals surface area (Å²) in [5.41, 5.74) is 0.347. The molecule has 0 bridgehead atoms. The molecule has 4 nitrogen and oxygen atoms in total. The van der Waals surface area contributed by atoms with Crippen molar-refractivity contribution in [3.05, 3.63) is 28.8 Å². The Labute approximate surface area is 102 Å². The zero-order chi connectivity index (χ0) is 12.1. The van der Waals surface area contributed by atoms with Gasteiger partial charge in [-0.15, -0.1) is 11.8 Å². The van der Waals surface area contributed by atoms with Crippen LogP contribution < -0.4 is 0 Å². The van der Waals surface area contributed by atoms with E-state index in [9.17, 15) is 9.59 Å². The molecule has 86 valence electrons. The summed E-state index contributed by atoms with van der Waals surface area (Å²) < 4.78 is 4.55. The van der Waals surface area contributed by atoms with Gasteiger partial charge in [-0.3, -0.25) is 4.79 Å². The highest BCUT2D eigenvalue weighted by atomic mass is 35.5. The Morgan fingerprint density at radius 1 is 1.50 bits per heavy atom. The first-order valence-electron chi connectivity index (χ1n) is 4.27. The number of carbonyl (C=O) groups is 2. The summed E-state index contributed by atoms with van der Waals surface area (Å²) >= 11 is 6.92. The molecular weight excluding hydrogens is 252 g/mol. The molecule has 0 radical (unpaired) electrons. The third-order valence-corrected chi connectivity index (χ3v) is 3.19. The molecule has 0 aliphatic rings. The highest BCUT2D eigenvalue weighted by molar-refractivity contribution is 8.00. The zero-order valence-corrected chi connectivity index (χ0v) is 9.97. The minimum Gasteiger partial charge on any atom is -0.481 e. The summed E-state index contributed by atoms with van der Waals surface area (Å²) in [5.74, 6) is -1.52. The van der Waals surface area contributed by atoms with Gasteiger partial charge in [0, 0.05) is 4.90 Å². The lowest BCUT2D eigenvalue weighted by Gasteiger charge is -2.04. The molecule has 0 aliphatic heterocycles. The fourth-order valence-electron chi connectivity index (χ4n) is 0.998. The van der Waals surface area contributed by atoms with Crippen LogP contribution >= 0.6 is 23.4 Å². The van der Waals surface area contributed by atoms with E-state index in [4.69, 9.17) is 16.7 Å². The van der Waals surface area contributed by atoms with Crippen LogP contribution in [0.1, 0.15) is 10.4 Å². The summed E-state index contributed by atoms with van der Waals surface area (Å²) in [5, 5.41) is 8.95. The van der Waals surface area contributed by atoms with E-state index in [1.165, 1.54) is 25.3 Å². The monoisotopic (exact) mass is 260 g/mol. The van der Waals surface area contributed by atoms with Crippen molar-refractivity contribution in [2.45, 2.75) is 4.90 Å². The van der Waals surface area contributed by atoms with E-state index in [0.29, 0.717) is 15.5 Å². The molecule has 0 spiro atoms. The van der Waals surface area contributed by atoms with Crippen LogP contribution in [-0.2, 0) is 9.53 Å². The SMILES string of the molecule is COC(=O)c1ccc(Cl)c(SCC(=O)O)c1. The molecule has 0 unspecified atom stereocenters. The predicted molar refractivity (Wildman–Crippen MR) is 61.2 cm³/mol. The van der Waals surface area contributed by atoms with Crippen LogP contribution in [0.5, 0.6) is 0 Å². The summed E-state index contributed by atoms with van der Waals surface area (Å²) in [4.78, 5) is 22.2. The predicted octanol–water partition coefficient (Wildman–Crippen LogP) is 2.30. The molecule has 0 aliphatic carbocycles. The number of aliphatic carboxylic acids is 1. The summed E-state index contributed by atoms with van der Waals surface area (Å²) in [6.07, 6.45) is 0. The van der Waals surface area contributed by atoms with Crippen molar-refractivity contribution < 1.29 is 19.4 Å². The fraction of sp³-hybridized carbons (Fsp3) is 0.200. The van der Waals surface area contributed by atoms with E-state index in [1.54, 1.807) is 0 Å². The first-order chi connectivity index (χ1) is 7.54. The van der Waals surface area contributed by atoms with Gasteiger partial charge in [-0.05, 0) is 18.2 Å². The number of carboxylic acid groups (broad SMARTS) is 1. The van der Waals surface area contributed by atoms with Crippen molar-refractivity contribution in [3.63, 3.8) is 0 Å². The number of benzene rings is 1. The van der Waals surface area contributed by atoms with Gasteiger partial charge in [-0.25, -0.2) is 4.79 Å². The second-order valence-electron chi connectivity index (χ2n) is 2.82. The lowest BCUT2D eigenvalue weighted by Crippen LogP contribution is -2.02. The molecule has 1 N–H and O–H groups in total. The van der Waals surface area contributed by atoms with Crippen molar-refractivity contribution in [3.8, 4) is 0 Å². The maximum atomic E-state index is 11.2. The number of ether oxygens (including phenoxy) is 1. The van der Waals surface area contributed by atoms with Crippen LogP contribution in [0.15, 0.2) is 23.1 Å². The molecule has 0 amide bonds. The van der Waals surface area contributed by atoms with Gasteiger partial charge in [-0.1, -0.05) is 11.6 Å². The first-order valence-corrected chi connectivity index (χ1v) is 5.63. The number of methoxy groups -OCH3 is 1. The Morgan fingerprint density at radius 2 is 2.19 bits per heavy atom. The van der Waals surface area contributed by atoms with Crippen molar-refractivity contribution in [2.24, 2.45) is 0 Å². The molecule has 0 saturated heterocycles. The Bertz CT molecular complexity index is 419. The molecule has 0 fully saturated rings. The van der Waals surface area contributed by atoms with Crippen molar-refractivity contribution in [2.75, 3.05) is 12.9 Å². The number of carboxylic acids is 1. The van der Waals surface area contributed by atoms with Gasteiger partial charge < -0.3 is 9.84 Å². The summed E-state index contributed by atoms with van der Waals surface area (Å²) in [6, 6.07) is 4.58. The smallest absolute Gasteiger partial charge is 0.337 e. The van der Waals surface area contributed by atoms with Crippen molar-refractivity contribution in [1.82, 2.24) is 0 Å². The van der Waals surface area contributed by atoms with Crippen LogP contribution in [0.2, 0.25) is 5.02 Å². The number of esters is 1. The third-order valence-electron chi connectivity index (χ3n) is 1.70. The third kappa shape index (κ3) is 3.43. The number of hydrogen-bond acceptors (Lipinski definition) is 4. The molecule has 6 heteroatoms. The van der Waals surface area contributed by atoms with Gasteiger partial charge in [0.15, 0.2) is 0 Å². The molecule has 16 heavy (non-hydrogen) atoms. The fourth-order valence-corrected chi connectivity index (χ4v) is 1.97. The molecule has 0 atom stereocenters. The van der Waals surface area contributed by atoms with E-state index in [0.717, 1.165) is 11.8 Å². The number of halogens is 1. The topological polar surface area (TPSA) is 63.6 Å². The molecular formula is C10H9ClO4S. The average Bonchev–Trinajstić information content (AvgIpc) is 2.26. The molecule has 0 heterocycles. The van der Waals surface area contributed by atoms with Gasteiger partial charge in [0.1, 0.15) is 0 Å². The van der Waals surface area contributed by atoms with Crippen LogP contribution in [0, 0.1) is 0 Å². The average molecular weight is 261 g/mol. The van der Waals surface area contributed by atoms with E-state index in [2.05, 4.69) is 4.74 Å². The second-order valence-corrected chi connectivity index (χ2v) is 4.24. The molecule has 1 rings (SSSR count). The van der Waals surface area contributed by atoms with E-state index in [1.807, 2.05) is 0 Å². The summed E-state index contributed by atoms with van der Waals surface area (Å²) in [6.45, 7) is 0. The number of thioether (sulfide) groups is 1. The molecule has 0 aromatic heterocycles. The molecule has 1 aromatic carbocycles. The minimum atomic E-state index is -0.940. The number of carbonyl (C=O) groups excluding carboxylic acids is 1. The first kappa shape index (κ1) is 12.9. The Hall–Kier alpha value is -1.20. The number of hydrogen-bond donors (Lipinski definition) is 1. The van der Waals surface area contributed by atoms with Crippen molar-refractivity contribution >= 4 is 35.3 Å². The van der Waals surface area contributed by atoms with Gasteiger partial charge in [0.25, 0.3) is 0 Å². The Kier molecular flexibility index (Phi) is 4.64. The van der Waals surface area contributed by atoms with E-state index < -0.39 is 11.9 Å². The highest BCUT2D eigenvalue weighted by Gasteiger charge is 2.10. The van der Waals surface area contributed by atoms with Gasteiger partial charge in [0.05, 0.1) is 23.4 Å². The lowest BCUT2D eigenvalue weighted by atomic mass is 10.2. The minimum absolute atomic E-state index is 0.107.